The Labute approximate surface area is 93.1 Å². The third kappa shape index (κ3) is 3.32. The highest BCUT2D eigenvalue weighted by atomic mass is 16.5. The lowest BCUT2D eigenvalue weighted by molar-refractivity contribution is 0.170. The molecule has 1 fully saturated rings. The second-order valence-corrected chi connectivity index (χ2v) is 5.09. The van der Waals surface area contributed by atoms with Gasteiger partial charge >= 0.3 is 0 Å². The summed E-state index contributed by atoms with van der Waals surface area (Å²) in [6.07, 6.45) is 12.6. The van der Waals surface area contributed by atoms with Gasteiger partial charge in [0, 0.05) is 26.3 Å². The lowest BCUT2D eigenvalue weighted by Crippen LogP contribution is -2.34. The molecule has 0 aromatic rings. The van der Waals surface area contributed by atoms with Crippen LogP contribution in [0.5, 0.6) is 0 Å². The van der Waals surface area contributed by atoms with E-state index in [1.807, 2.05) is 0 Å². The quantitative estimate of drug-likeness (QED) is 0.679. The van der Waals surface area contributed by atoms with Gasteiger partial charge in [-0.15, -0.1) is 0 Å². The Morgan fingerprint density at radius 3 is 2.93 bits per heavy atom. The van der Waals surface area contributed by atoms with Gasteiger partial charge in [0.1, 0.15) is 0 Å². The summed E-state index contributed by atoms with van der Waals surface area (Å²) in [6, 6.07) is 0.638. The van der Waals surface area contributed by atoms with E-state index in [4.69, 9.17) is 4.74 Å². The summed E-state index contributed by atoms with van der Waals surface area (Å²) in [5.41, 5.74) is 0.585. The Kier molecular flexibility index (Phi) is 3.81. The van der Waals surface area contributed by atoms with Gasteiger partial charge in [0.15, 0.2) is 0 Å². The highest BCUT2D eigenvalue weighted by Gasteiger charge is 2.41. The Balaban J connectivity index is 1.68. The summed E-state index contributed by atoms with van der Waals surface area (Å²) in [6.45, 7) is 2.10. The van der Waals surface area contributed by atoms with Gasteiger partial charge in [-0.1, -0.05) is 12.2 Å². The standard InChI is InChI=1S/C13H23NO/c1-15-10-9-13(7-8-13)11-14-12-5-3-2-4-6-12/h3,5,12,14H,2,4,6-11H2,1H3. The molecule has 2 rings (SSSR count). The van der Waals surface area contributed by atoms with Crippen LogP contribution in [0.4, 0.5) is 0 Å². The lowest BCUT2D eigenvalue weighted by atomic mass is 9.99. The SMILES string of the molecule is COCCC1(CNC2C=CCCC2)CC1. The van der Waals surface area contributed by atoms with Crippen molar-refractivity contribution in [3.63, 3.8) is 0 Å². The van der Waals surface area contributed by atoms with Crippen molar-refractivity contribution in [2.45, 2.75) is 44.6 Å². The fourth-order valence-corrected chi connectivity index (χ4v) is 2.34. The van der Waals surface area contributed by atoms with E-state index in [9.17, 15) is 0 Å². The van der Waals surface area contributed by atoms with E-state index in [0.29, 0.717) is 11.5 Å². The maximum absolute atomic E-state index is 5.17. The summed E-state index contributed by atoms with van der Waals surface area (Å²) in [7, 11) is 1.80. The van der Waals surface area contributed by atoms with E-state index in [1.165, 1.54) is 45.1 Å². The van der Waals surface area contributed by atoms with Crippen LogP contribution in [0.25, 0.3) is 0 Å². The zero-order valence-electron chi connectivity index (χ0n) is 9.80. The maximum Gasteiger partial charge on any atom is 0.0468 e. The van der Waals surface area contributed by atoms with Gasteiger partial charge in [0.2, 0.25) is 0 Å². The first-order chi connectivity index (χ1) is 7.35. The number of rotatable bonds is 6. The van der Waals surface area contributed by atoms with Gasteiger partial charge in [-0.05, 0) is 43.9 Å². The normalized spacial score (nSPS) is 27.9. The highest BCUT2D eigenvalue weighted by Crippen LogP contribution is 2.48. The first-order valence-electron chi connectivity index (χ1n) is 6.24. The average molecular weight is 209 g/mol. The second-order valence-electron chi connectivity index (χ2n) is 5.09. The summed E-state index contributed by atoms with van der Waals surface area (Å²) in [4.78, 5) is 0. The van der Waals surface area contributed by atoms with Crippen molar-refractivity contribution in [2.75, 3.05) is 20.3 Å². The largest absolute Gasteiger partial charge is 0.385 e. The molecule has 0 radical (unpaired) electrons. The van der Waals surface area contributed by atoms with Crippen LogP contribution in [0.15, 0.2) is 12.2 Å². The number of nitrogens with one attached hydrogen (secondary N) is 1. The van der Waals surface area contributed by atoms with Crippen molar-refractivity contribution >= 4 is 0 Å². The van der Waals surface area contributed by atoms with Gasteiger partial charge in [0.05, 0.1) is 0 Å². The van der Waals surface area contributed by atoms with E-state index in [1.54, 1.807) is 7.11 Å². The van der Waals surface area contributed by atoms with Crippen LogP contribution < -0.4 is 5.32 Å². The van der Waals surface area contributed by atoms with Crippen molar-refractivity contribution in [3.8, 4) is 0 Å². The predicted octanol–water partition coefficient (Wildman–Crippen LogP) is 2.50. The summed E-state index contributed by atoms with van der Waals surface area (Å²) in [5.74, 6) is 0. The van der Waals surface area contributed by atoms with Crippen molar-refractivity contribution in [1.82, 2.24) is 5.32 Å². The van der Waals surface area contributed by atoms with Crippen LogP contribution in [-0.2, 0) is 4.74 Å². The topological polar surface area (TPSA) is 21.3 Å². The third-order valence-electron chi connectivity index (χ3n) is 3.79. The van der Waals surface area contributed by atoms with Gasteiger partial charge < -0.3 is 10.1 Å². The predicted molar refractivity (Wildman–Crippen MR) is 62.9 cm³/mol. The van der Waals surface area contributed by atoms with Gasteiger partial charge in [-0.2, -0.15) is 0 Å². The minimum atomic E-state index is 0.585. The van der Waals surface area contributed by atoms with Crippen molar-refractivity contribution in [2.24, 2.45) is 5.41 Å². The molecule has 0 heterocycles. The van der Waals surface area contributed by atoms with Crippen LogP contribution in [0.3, 0.4) is 0 Å². The first-order valence-corrected chi connectivity index (χ1v) is 6.24. The van der Waals surface area contributed by atoms with Crippen LogP contribution in [0.1, 0.15) is 38.5 Å². The minimum absolute atomic E-state index is 0.585. The van der Waals surface area contributed by atoms with E-state index < -0.39 is 0 Å². The monoisotopic (exact) mass is 209 g/mol. The number of methoxy groups -OCH3 is 1. The molecule has 2 aliphatic carbocycles. The number of hydrogen-bond acceptors (Lipinski definition) is 2. The Hall–Kier alpha value is -0.340. The summed E-state index contributed by atoms with van der Waals surface area (Å²) in [5, 5.41) is 3.69. The van der Waals surface area contributed by atoms with Crippen molar-refractivity contribution in [1.29, 1.82) is 0 Å². The molecule has 0 amide bonds. The van der Waals surface area contributed by atoms with E-state index in [2.05, 4.69) is 17.5 Å². The molecule has 1 saturated carbocycles. The molecule has 2 aliphatic rings. The molecule has 0 aromatic carbocycles. The molecule has 1 unspecified atom stereocenters. The fraction of sp³-hybridized carbons (Fsp3) is 0.846. The number of hydrogen-bond donors (Lipinski definition) is 1. The second kappa shape index (κ2) is 5.13. The highest BCUT2D eigenvalue weighted by molar-refractivity contribution is 5.01. The van der Waals surface area contributed by atoms with Crippen molar-refractivity contribution < 1.29 is 4.74 Å². The fourth-order valence-electron chi connectivity index (χ4n) is 2.34. The van der Waals surface area contributed by atoms with E-state index in [0.717, 1.165) is 6.61 Å². The van der Waals surface area contributed by atoms with E-state index >= 15 is 0 Å². The molecule has 0 aromatic heterocycles. The van der Waals surface area contributed by atoms with Crippen molar-refractivity contribution in [3.05, 3.63) is 12.2 Å². The van der Waals surface area contributed by atoms with Gasteiger partial charge in [-0.25, -0.2) is 0 Å². The maximum atomic E-state index is 5.17. The summed E-state index contributed by atoms with van der Waals surface area (Å²) < 4.78 is 5.17. The molecule has 0 spiro atoms. The molecule has 2 heteroatoms. The average Bonchev–Trinajstić information content (AvgIpc) is 3.06. The molecule has 86 valence electrons. The lowest BCUT2D eigenvalue weighted by Gasteiger charge is -2.22. The van der Waals surface area contributed by atoms with Crippen LogP contribution in [0.2, 0.25) is 0 Å². The Morgan fingerprint density at radius 1 is 1.47 bits per heavy atom. The Morgan fingerprint density at radius 2 is 2.33 bits per heavy atom. The van der Waals surface area contributed by atoms with Gasteiger partial charge in [0.25, 0.3) is 0 Å². The minimum Gasteiger partial charge on any atom is -0.385 e. The van der Waals surface area contributed by atoms with Gasteiger partial charge in [-0.3, -0.25) is 0 Å². The Bertz CT molecular complexity index is 221. The van der Waals surface area contributed by atoms with Crippen LogP contribution >= 0.6 is 0 Å². The van der Waals surface area contributed by atoms with E-state index in [-0.39, 0.29) is 0 Å². The molecule has 1 N–H and O–H groups in total. The molecule has 0 saturated heterocycles. The molecule has 0 bridgehead atoms. The molecular weight excluding hydrogens is 186 g/mol. The number of ether oxygens (including phenoxy) is 1. The molecule has 15 heavy (non-hydrogen) atoms. The smallest absolute Gasteiger partial charge is 0.0468 e. The third-order valence-corrected chi connectivity index (χ3v) is 3.79. The summed E-state index contributed by atoms with van der Waals surface area (Å²) >= 11 is 0. The molecular formula is C13H23NO. The first kappa shape index (κ1) is 11.2. The van der Waals surface area contributed by atoms with Crippen LogP contribution in [-0.4, -0.2) is 26.3 Å². The number of allylic oxidation sites excluding steroid dienone is 1. The zero-order chi connectivity index (χ0) is 10.6. The zero-order valence-corrected chi connectivity index (χ0v) is 9.80. The molecule has 2 nitrogen and oxygen atoms in total. The molecule has 0 aliphatic heterocycles. The van der Waals surface area contributed by atoms with Crippen LogP contribution in [0, 0.1) is 5.41 Å². The molecule has 1 atom stereocenters.